The molecule has 2 atom stereocenters. The number of esters is 1. The fourth-order valence-corrected chi connectivity index (χ4v) is 6.20. The van der Waals surface area contributed by atoms with Gasteiger partial charge in [0.05, 0.1) is 23.0 Å². The normalized spacial score (nSPS) is 28.5. The van der Waals surface area contributed by atoms with E-state index in [4.69, 9.17) is 9.73 Å². The Labute approximate surface area is 177 Å². The summed E-state index contributed by atoms with van der Waals surface area (Å²) >= 11 is 0. The second-order valence-corrected chi connectivity index (χ2v) is 9.13. The van der Waals surface area contributed by atoms with E-state index in [1.54, 1.807) is 0 Å². The summed E-state index contributed by atoms with van der Waals surface area (Å²) in [5.41, 5.74) is 3.10. The molecule has 1 aliphatic carbocycles. The summed E-state index contributed by atoms with van der Waals surface area (Å²) in [5.74, 6) is -0.261. The van der Waals surface area contributed by atoms with Crippen LogP contribution in [0.25, 0.3) is 0 Å². The number of ether oxygens (including phenoxy) is 1. The third-order valence-electron chi connectivity index (χ3n) is 7.56. The third-order valence-corrected chi connectivity index (χ3v) is 7.56. The van der Waals surface area contributed by atoms with Gasteiger partial charge in [-0.3, -0.25) is 9.89 Å². The number of benzene rings is 2. The van der Waals surface area contributed by atoms with Gasteiger partial charge in [-0.1, -0.05) is 48.6 Å². The molecule has 0 amide bonds. The maximum absolute atomic E-state index is 13.2. The Hall–Kier alpha value is -2.72. The van der Waals surface area contributed by atoms with Crippen LogP contribution in [-0.4, -0.2) is 35.7 Å². The van der Waals surface area contributed by atoms with E-state index in [1.807, 2.05) is 42.5 Å². The first-order valence-corrected chi connectivity index (χ1v) is 11.1. The summed E-state index contributed by atoms with van der Waals surface area (Å²) in [7, 11) is 0. The molecular weight excluding hydrogens is 372 g/mol. The van der Waals surface area contributed by atoms with Gasteiger partial charge in [0, 0.05) is 18.5 Å². The summed E-state index contributed by atoms with van der Waals surface area (Å²) in [5, 5.41) is 0. The highest BCUT2D eigenvalue weighted by molar-refractivity contribution is 6.07. The van der Waals surface area contributed by atoms with Gasteiger partial charge >= 0.3 is 5.97 Å². The topological polar surface area (TPSA) is 41.9 Å². The fourth-order valence-electron chi connectivity index (χ4n) is 6.20. The average molecular weight is 399 g/mol. The quantitative estimate of drug-likeness (QED) is 0.526. The lowest BCUT2D eigenvalue weighted by atomic mass is 9.64. The molecule has 0 unspecified atom stereocenters. The fraction of sp³-hybridized carbons (Fsp3) is 0.385. The summed E-state index contributed by atoms with van der Waals surface area (Å²) in [4.78, 5) is 21.0. The Morgan fingerprint density at radius 1 is 0.967 bits per heavy atom. The van der Waals surface area contributed by atoms with E-state index in [9.17, 15) is 4.79 Å². The highest BCUT2D eigenvalue weighted by atomic mass is 16.6. The van der Waals surface area contributed by atoms with Crippen LogP contribution >= 0.6 is 0 Å². The SMILES string of the molecule is O=C(O[C@@]12CCN3CCCC4(CC=CC4)[C@@H]3C1=Nc1ccccc12)c1ccccc1. The van der Waals surface area contributed by atoms with E-state index in [0.717, 1.165) is 49.3 Å². The van der Waals surface area contributed by atoms with Crippen molar-refractivity contribution >= 4 is 17.4 Å². The zero-order chi connectivity index (χ0) is 20.2. The lowest BCUT2D eigenvalue weighted by Crippen LogP contribution is -2.64. The van der Waals surface area contributed by atoms with Gasteiger partial charge in [0.1, 0.15) is 0 Å². The van der Waals surface area contributed by atoms with E-state index >= 15 is 0 Å². The molecule has 2 aromatic rings. The van der Waals surface area contributed by atoms with Gasteiger partial charge < -0.3 is 4.74 Å². The number of hydrogen-bond acceptors (Lipinski definition) is 4. The number of carbonyl (C=O) groups is 1. The van der Waals surface area contributed by atoms with E-state index < -0.39 is 5.60 Å². The molecule has 1 spiro atoms. The number of allylic oxidation sites excluding steroid dienone is 2. The molecule has 4 heteroatoms. The number of rotatable bonds is 2. The average Bonchev–Trinajstić information content (AvgIpc) is 3.38. The van der Waals surface area contributed by atoms with Crippen molar-refractivity contribution in [1.29, 1.82) is 0 Å². The maximum atomic E-state index is 13.2. The zero-order valence-electron chi connectivity index (χ0n) is 17.1. The van der Waals surface area contributed by atoms with Gasteiger partial charge in [-0.05, 0) is 55.8 Å². The molecule has 0 radical (unpaired) electrons. The molecule has 6 rings (SSSR count). The van der Waals surface area contributed by atoms with Crippen molar-refractivity contribution in [1.82, 2.24) is 4.90 Å². The van der Waals surface area contributed by atoms with E-state index in [1.165, 1.54) is 12.8 Å². The number of para-hydroxylation sites is 1. The first-order chi connectivity index (χ1) is 14.7. The molecule has 4 nitrogen and oxygen atoms in total. The minimum absolute atomic E-state index is 0.184. The number of aliphatic imine (C=N–C) groups is 1. The highest BCUT2D eigenvalue weighted by Gasteiger charge is 2.60. The largest absolute Gasteiger partial charge is 0.444 e. The Bertz CT molecular complexity index is 1050. The molecule has 3 heterocycles. The third kappa shape index (κ3) is 2.50. The van der Waals surface area contributed by atoms with Crippen molar-refractivity contribution in [2.24, 2.45) is 10.4 Å². The number of carbonyl (C=O) groups excluding carboxylic acids is 1. The van der Waals surface area contributed by atoms with Gasteiger partial charge in [0.15, 0.2) is 5.60 Å². The van der Waals surface area contributed by atoms with Crippen LogP contribution < -0.4 is 0 Å². The number of fused-ring (bicyclic) bond motifs is 6. The van der Waals surface area contributed by atoms with Crippen molar-refractivity contribution in [3.63, 3.8) is 0 Å². The molecule has 2 saturated heterocycles. The molecule has 30 heavy (non-hydrogen) atoms. The minimum Gasteiger partial charge on any atom is -0.444 e. The Kier molecular flexibility index (Phi) is 4.00. The van der Waals surface area contributed by atoms with Crippen molar-refractivity contribution in [3.8, 4) is 0 Å². The van der Waals surface area contributed by atoms with E-state index in [2.05, 4.69) is 29.2 Å². The molecule has 3 aliphatic heterocycles. The van der Waals surface area contributed by atoms with Gasteiger partial charge in [-0.2, -0.15) is 0 Å². The van der Waals surface area contributed by atoms with Crippen LogP contribution in [0.1, 0.15) is 48.0 Å². The standard InChI is InChI=1S/C26H26N2O2/c29-24(19-9-2-1-3-10-19)30-26-16-18-28-17-8-15-25(13-6-7-14-25)23(28)22(26)27-21-12-5-4-11-20(21)26/h1-7,9-12,23H,8,13-18H2/t23-,26+/m0/s1. The monoisotopic (exact) mass is 398 g/mol. The Balaban J connectivity index is 1.47. The summed E-state index contributed by atoms with van der Waals surface area (Å²) in [6.45, 7) is 2.03. The molecule has 0 bridgehead atoms. The molecule has 0 saturated carbocycles. The van der Waals surface area contributed by atoms with E-state index in [-0.39, 0.29) is 17.4 Å². The Morgan fingerprint density at radius 2 is 1.73 bits per heavy atom. The molecule has 4 aliphatic rings. The van der Waals surface area contributed by atoms with Gasteiger partial charge in [0.2, 0.25) is 0 Å². The van der Waals surface area contributed by atoms with Crippen LogP contribution in [0.15, 0.2) is 71.7 Å². The summed E-state index contributed by atoms with van der Waals surface area (Å²) in [6.07, 6.45) is 10.0. The Morgan fingerprint density at radius 3 is 2.57 bits per heavy atom. The van der Waals surface area contributed by atoms with Crippen LogP contribution in [0.4, 0.5) is 5.69 Å². The molecular formula is C26H26N2O2. The smallest absolute Gasteiger partial charge is 0.339 e. The van der Waals surface area contributed by atoms with Crippen molar-refractivity contribution in [2.75, 3.05) is 13.1 Å². The van der Waals surface area contributed by atoms with Crippen LogP contribution in [0.5, 0.6) is 0 Å². The molecule has 0 N–H and O–H groups in total. The first-order valence-electron chi connectivity index (χ1n) is 11.1. The highest BCUT2D eigenvalue weighted by Crippen LogP contribution is 2.55. The van der Waals surface area contributed by atoms with Gasteiger partial charge in [0.25, 0.3) is 0 Å². The second kappa shape index (κ2) is 6.64. The molecule has 0 aromatic heterocycles. The van der Waals surface area contributed by atoms with Crippen molar-refractivity contribution < 1.29 is 9.53 Å². The lowest BCUT2D eigenvalue weighted by Gasteiger charge is -2.54. The lowest BCUT2D eigenvalue weighted by molar-refractivity contribution is -0.0302. The predicted octanol–water partition coefficient (Wildman–Crippen LogP) is 5.03. The predicted molar refractivity (Wildman–Crippen MR) is 117 cm³/mol. The number of nitrogens with zero attached hydrogens (tertiary/aromatic N) is 2. The first kappa shape index (κ1) is 18.1. The number of piperidine rings is 2. The van der Waals surface area contributed by atoms with Gasteiger partial charge in [-0.15, -0.1) is 0 Å². The van der Waals surface area contributed by atoms with Gasteiger partial charge in [-0.25, -0.2) is 4.79 Å². The zero-order valence-corrected chi connectivity index (χ0v) is 17.1. The van der Waals surface area contributed by atoms with Crippen LogP contribution in [0.2, 0.25) is 0 Å². The molecule has 152 valence electrons. The van der Waals surface area contributed by atoms with Crippen molar-refractivity contribution in [3.05, 3.63) is 77.9 Å². The summed E-state index contributed by atoms with van der Waals surface area (Å²) in [6, 6.07) is 17.8. The molecule has 2 aromatic carbocycles. The second-order valence-electron chi connectivity index (χ2n) is 9.13. The maximum Gasteiger partial charge on any atom is 0.339 e. The summed E-state index contributed by atoms with van der Waals surface area (Å²) < 4.78 is 6.45. The van der Waals surface area contributed by atoms with Crippen LogP contribution in [0.3, 0.4) is 0 Å². The molecule has 2 fully saturated rings. The number of hydrogen-bond donors (Lipinski definition) is 0. The van der Waals surface area contributed by atoms with E-state index in [0.29, 0.717) is 5.56 Å². The van der Waals surface area contributed by atoms with Crippen LogP contribution in [-0.2, 0) is 10.3 Å². The van der Waals surface area contributed by atoms with Crippen molar-refractivity contribution in [2.45, 2.75) is 43.7 Å². The minimum atomic E-state index is -0.752. The van der Waals surface area contributed by atoms with Crippen LogP contribution in [0, 0.1) is 5.41 Å².